The van der Waals surface area contributed by atoms with Gasteiger partial charge in [0.15, 0.2) is 0 Å². The number of aromatic hydroxyl groups is 1. The molecule has 0 aliphatic heterocycles. The summed E-state index contributed by atoms with van der Waals surface area (Å²) >= 11 is 1.98. The molecule has 1 aliphatic rings. The van der Waals surface area contributed by atoms with E-state index in [1.807, 2.05) is 30.1 Å². The van der Waals surface area contributed by atoms with Crippen LogP contribution in [0.4, 0.5) is 5.82 Å². The molecule has 4 heteroatoms. The van der Waals surface area contributed by atoms with Crippen molar-refractivity contribution in [1.29, 1.82) is 0 Å². The SMILES string of the molecule is CSC1CCC(Nc2nccc3ccc(O)cc23)CC1. The minimum absolute atomic E-state index is 0.291. The summed E-state index contributed by atoms with van der Waals surface area (Å²) in [4.78, 5) is 4.45. The van der Waals surface area contributed by atoms with Crippen molar-refractivity contribution < 1.29 is 5.11 Å². The van der Waals surface area contributed by atoms with Crippen LogP contribution in [0.2, 0.25) is 0 Å². The third-order valence-electron chi connectivity index (χ3n) is 4.10. The van der Waals surface area contributed by atoms with Gasteiger partial charge in [0.2, 0.25) is 0 Å². The van der Waals surface area contributed by atoms with Crippen LogP contribution in [0.5, 0.6) is 5.75 Å². The van der Waals surface area contributed by atoms with E-state index in [9.17, 15) is 5.11 Å². The molecule has 1 saturated carbocycles. The number of rotatable bonds is 3. The lowest BCUT2D eigenvalue weighted by Crippen LogP contribution is -2.27. The number of nitrogens with one attached hydrogen (secondary N) is 1. The fourth-order valence-corrected chi connectivity index (χ4v) is 3.65. The summed E-state index contributed by atoms with van der Waals surface area (Å²) in [6, 6.07) is 7.92. The molecular weight excluding hydrogens is 268 g/mol. The number of fused-ring (bicyclic) bond motifs is 1. The molecule has 0 bridgehead atoms. The van der Waals surface area contributed by atoms with E-state index in [1.54, 1.807) is 12.1 Å². The zero-order valence-electron chi connectivity index (χ0n) is 11.7. The summed E-state index contributed by atoms with van der Waals surface area (Å²) in [5, 5.41) is 16.2. The summed E-state index contributed by atoms with van der Waals surface area (Å²) in [5.41, 5.74) is 0. The van der Waals surface area contributed by atoms with Crippen molar-refractivity contribution in [3.05, 3.63) is 30.5 Å². The fraction of sp³-hybridized carbons (Fsp3) is 0.438. The number of hydrogen-bond donors (Lipinski definition) is 2. The molecule has 0 radical (unpaired) electrons. The van der Waals surface area contributed by atoms with E-state index in [4.69, 9.17) is 0 Å². The van der Waals surface area contributed by atoms with Crippen molar-refractivity contribution in [2.45, 2.75) is 37.0 Å². The van der Waals surface area contributed by atoms with Gasteiger partial charge in [-0.1, -0.05) is 6.07 Å². The highest BCUT2D eigenvalue weighted by Crippen LogP contribution is 2.31. The zero-order chi connectivity index (χ0) is 13.9. The van der Waals surface area contributed by atoms with E-state index < -0.39 is 0 Å². The number of hydrogen-bond acceptors (Lipinski definition) is 4. The first-order valence-corrected chi connectivity index (χ1v) is 8.42. The molecule has 106 valence electrons. The van der Waals surface area contributed by atoms with Gasteiger partial charge in [-0.25, -0.2) is 4.98 Å². The first-order valence-electron chi connectivity index (χ1n) is 7.13. The fourth-order valence-electron chi connectivity index (χ4n) is 2.91. The molecule has 0 atom stereocenters. The number of aromatic nitrogens is 1. The second-order valence-electron chi connectivity index (χ2n) is 5.42. The Morgan fingerprint density at radius 2 is 2.00 bits per heavy atom. The lowest BCUT2D eigenvalue weighted by molar-refractivity contribution is 0.472. The Morgan fingerprint density at radius 3 is 2.75 bits per heavy atom. The van der Waals surface area contributed by atoms with Gasteiger partial charge in [0, 0.05) is 22.9 Å². The number of phenols is 1. The third kappa shape index (κ3) is 2.85. The maximum absolute atomic E-state index is 9.67. The van der Waals surface area contributed by atoms with Crippen LogP contribution in [0.1, 0.15) is 25.7 Å². The molecule has 3 nitrogen and oxygen atoms in total. The number of benzene rings is 1. The topological polar surface area (TPSA) is 45.2 Å². The molecule has 1 heterocycles. The Balaban J connectivity index is 1.79. The quantitative estimate of drug-likeness (QED) is 0.895. The Kier molecular flexibility index (Phi) is 4.01. The van der Waals surface area contributed by atoms with Crippen LogP contribution < -0.4 is 5.32 Å². The van der Waals surface area contributed by atoms with Gasteiger partial charge in [-0.3, -0.25) is 0 Å². The number of thioether (sulfide) groups is 1. The number of nitrogens with zero attached hydrogens (tertiary/aromatic N) is 1. The molecular formula is C16H20N2OS. The van der Waals surface area contributed by atoms with Gasteiger partial charge in [0.25, 0.3) is 0 Å². The number of phenolic OH excluding ortho intramolecular Hbond substituents is 1. The first kappa shape index (κ1) is 13.6. The monoisotopic (exact) mass is 288 g/mol. The normalized spacial score (nSPS) is 22.9. The minimum atomic E-state index is 0.291. The lowest BCUT2D eigenvalue weighted by atomic mass is 9.95. The van der Waals surface area contributed by atoms with Crippen LogP contribution in [-0.2, 0) is 0 Å². The van der Waals surface area contributed by atoms with Crippen LogP contribution in [-0.4, -0.2) is 27.6 Å². The van der Waals surface area contributed by atoms with Gasteiger partial charge in [-0.05, 0) is 55.5 Å². The average molecular weight is 288 g/mol. The van der Waals surface area contributed by atoms with E-state index in [-0.39, 0.29) is 0 Å². The van der Waals surface area contributed by atoms with E-state index in [2.05, 4.69) is 16.6 Å². The Morgan fingerprint density at radius 1 is 1.20 bits per heavy atom. The van der Waals surface area contributed by atoms with Crippen LogP contribution >= 0.6 is 11.8 Å². The highest BCUT2D eigenvalue weighted by Gasteiger charge is 2.21. The van der Waals surface area contributed by atoms with E-state index in [1.165, 1.54) is 25.7 Å². The molecule has 0 spiro atoms. The maximum Gasteiger partial charge on any atom is 0.134 e. The molecule has 0 unspecified atom stereocenters. The summed E-state index contributed by atoms with van der Waals surface area (Å²) in [5.74, 6) is 1.19. The minimum Gasteiger partial charge on any atom is -0.508 e. The summed E-state index contributed by atoms with van der Waals surface area (Å²) in [7, 11) is 0. The Hall–Kier alpha value is -1.42. The molecule has 20 heavy (non-hydrogen) atoms. The van der Waals surface area contributed by atoms with Crippen molar-refractivity contribution in [3.8, 4) is 5.75 Å². The van der Waals surface area contributed by atoms with Crippen molar-refractivity contribution >= 4 is 28.4 Å². The highest BCUT2D eigenvalue weighted by atomic mass is 32.2. The smallest absolute Gasteiger partial charge is 0.134 e. The van der Waals surface area contributed by atoms with Crippen LogP contribution in [0.3, 0.4) is 0 Å². The molecule has 0 amide bonds. The molecule has 2 N–H and O–H groups in total. The predicted octanol–water partition coefficient (Wildman–Crippen LogP) is 4.03. The van der Waals surface area contributed by atoms with Crippen molar-refractivity contribution in [2.24, 2.45) is 0 Å². The third-order valence-corrected chi connectivity index (χ3v) is 5.24. The average Bonchev–Trinajstić information content (AvgIpc) is 2.49. The largest absolute Gasteiger partial charge is 0.508 e. The standard InChI is InChI=1S/C16H20N2OS/c1-20-14-6-3-12(4-7-14)18-16-15-10-13(19)5-2-11(15)8-9-17-16/h2,5,8-10,12,14,19H,3-4,6-7H2,1H3,(H,17,18). The second kappa shape index (κ2) is 5.92. The van der Waals surface area contributed by atoms with E-state index >= 15 is 0 Å². The van der Waals surface area contributed by atoms with Gasteiger partial charge in [-0.15, -0.1) is 0 Å². The molecule has 0 saturated heterocycles. The first-order chi connectivity index (χ1) is 9.76. The summed E-state index contributed by atoms with van der Waals surface area (Å²) in [6.07, 6.45) is 8.97. The molecule has 1 aliphatic carbocycles. The zero-order valence-corrected chi connectivity index (χ0v) is 12.5. The molecule has 1 aromatic carbocycles. The van der Waals surface area contributed by atoms with Crippen LogP contribution in [0.15, 0.2) is 30.5 Å². The van der Waals surface area contributed by atoms with E-state index in [0.29, 0.717) is 11.8 Å². The van der Waals surface area contributed by atoms with Crippen molar-refractivity contribution in [1.82, 2.24) is 4.98 Å². The summed E-state index contributed by atoms with van der Waals surface area (Å²) < 4.78 is 0. The lowest BCUT2D eigenvalue weighted by Gasteiger charge is -2.28. The van der Waals surface area contributed by atoms with Gasteiger partial charge in [-0.2, -0.15) is 11.8 Å². The molecule has 2 aromatic rings. The van der Waals surface area contributed by atoms with Gasteiger partial charge in [0.05, 0.1) is 0 Å². The van der Waals surface area contributed by atoms with Gasteiger partial charge >= 0.3 is 0 Å². The van der Waals surface area contributed by atoms with Gasteiger partial charge < -0.3 is 10.4 Å². The maximum atomic E-state index is 9.67. The van der Waals surface area contributed by atoms with Crippen LogP contribution in [0.25, 0.3) is 10.8 Å². The highest BCUT2D eigenvalue weighted by molar-refractivity contribution is 7.99. The Labute approximate surface area is 123 Å². The van der Waals surface area contributed by atoms with Crippen molar-refractivity contribution in [2.75, 3.05) is 11.6 Å². The van der Waals surface area contributed by atoms with E-state index in [0.717, 1.165) is 21.8 Å². The second-order valence-corrected chi connectivity index (χ2v) is 6.56. The predicted molar refractivity (Wildman–Crippen MR) is 86.6 cm³/mol. The molecule has 3 rings (SSSR count). The van der Waals surface area contributed by atoms with Crippen LogP contribution in [0, 0.1) is 0 Å². The number of anilines is 1. The Bertz CT molecular complexity index is 594. The molecule has 1 aromatic heterocycles. The van der Waals surface area contributed by atoms with Crippen molar-refractivity contribution in [3.63, 3.8) is 0 Å². The number of pyridine rings is 1. The molecule has 1 fully saturated rings. The van der Waals surface area contributed by atoms with Gasteiger partial charge in [0.1, 0.15) is 11.6 Å². The summed E-state index contributed by atoms with van der Waals surface area (Å²) in [6.45, 7) is 0.